The number of hydrogen-bond donors (Lipinski definition) is 1. The first-order chi connectivity index (χ1) is 13.3. The number of nitrogens with one attached hydrogen (secondary N) is 1. The third-order valence-electron chi connectivity index (χ3n) is 4.36. The SMILES string of the molecule is O=C(COc1ccccc1-c1ccccc1)Nc1ccc2ccccc2c1. The number of amides is 1. The molecule has 0 fully saturated rings. The summed E-state index contributed by atoms with van der Waals surface area (Å²) in [5.74, 6) is 0.505. The van der Waals surface area contributed by atoms with Gasteiger partial charge in [-0.25, -0.2) is 0 Å². The van der Waals surface area contributed by atoms with Gasteiger partial charge in [0.1, 0.15) is 5.75 Å². The normalized spacial score (nSPS) is 10.5. The summed E-state index contributed by atoms with van der Waals surface area (Å²) in [7, 11) is 0. The summed E-state index contributed by atoms with van der Waals surface area (Å²) in [4.78, 5) is 12.3. The molecule has 27 heavy (non-hydrogen) atoms. The number of para-hydroxylation sites is 1. The zero-order chi connectivity index (χ0) is 18.5. The molecule has 132 valence electrons. The second-order valence-corrected chi connectivity index (χ2v) is 6.26. The van der Waals surface area contributed by atoms with E-state index in [0.29, 0.717) is 5.75 Å². The van der Waals surface area contributed by atoms with Crippen LogP contribution in [0.3, 0.4) is 0 Å². The van der Waals surface area contributed by atoms with Crippen molar-refractivity contribution in [1.82, 2.24) is 0 Å². The van der Waals surface area contributed by atoms with Gasteiger partial charge in [0, 0.05) is 11.3 Å². The lowest BCUT2D eigenvalue weighted by atomic mass is 10.1. The molecule has 0 saturated heterocycles. The smallest absolute Gasteiger partial charge is 0.262 e. The molecular formula is C24H19NO2. The lowest BCUT2D eigenvalue weighted by molar-refractivity contribution is -0.118. The first kappa shape index (κ1) is 16.9. The van der Waals surface area contributed by atoms with Crippen molar-refractivity contribution in [2.75, 3.05) is 11.9 Å². The zero-order valence-corrected chi connectivity index (χ0v) is 14.8. The van der Waals surface area contributed by atoms with Gasteiger partial charge in [0.25, 0.3) is 5.91 Å². The van der Waals surface area contributed by atoms with Gasteiger partial charge < -0.3 is 10.1 Å². The minimum Gasteiger partial charge on any atom is -0.483 e. The van der Waals surface area contributed by atoms with Crippen LogP contribution in [-0.2, 0) is 4.79 Å². The first-order valence-electron chi connectivity index (χ1n) is 8.85. The van der Waals surface area contributed by atoms with Crippen molar-refractivity contribution in [2.45, 2.75) is 0 Å². The second kappa shape index (κ2) is 7.75. The number of benzene rings is 4. The van der Waals surface area contributed by atoms with E-state index in [1.807, 2.05) is 97.1 Å². The Morgan fingerprint density at radius 3 is 2.30 bits per heavy atom. The van der Waals surface area contributed by atoms with Crippen molar-refractivity contribution in [2.24, 2.45) is 0 Å². The largest absolute Gasteiger partial charge is 0.483 e. The van der Waals surface area contributed by atoms with Crippen molar-refractivity contribution < 1.29 is 9.53 Å². The maximum absolute atomic E-state index is 12.3. The number of carbonyl (C=O) groups excluding carboxylic acids is 1. The van der Waals surface area contributed by atoms with E-state index in [9.17, 15) is 4.79 Å². The van der Waals surface area contributed by atoms with E-state index >= 15 is 0 Å². The molecule has 0 heterocycles. The predicted octanol–water partition coefficient (Wildman–Crippen LogP) is 5.52. The van der Waals surface area contributed by atoms with E-state index in [1.54, 1.807) is 0 Å². The number of rotatable bonds is 5. The molecule has 0 saturated carbocycles. The fourth-order valence-electron chi connectivity index (χ4n) is 3.06. The van der Waals surface area contributed by atoms with Crippen LogP contribution in [0.15, 0.2) is 97.1 Å². The summed E-state index contributed by atoms with van der Waals surface area (Å²) in [5, 5.41) is 5.13. The zero-order valence-electron chi connectivity index (χ0n) is 14.8. The lowest BCUT2D eigenvalue weighted by Crippen LogP contribution is -2.20. The molecule has 3 heteroatoms. The van der Waals surface area contributed by atoms with Crippen molar-refractivity contribution in [3.05, 3.63) is 97.1 Å². The van der Waals surface area contributed by atoms with E-state index in [4.69, 9.17) is 4.74 Å². The second-order valence-electron chi connectivity index (χ2n) is 6.26. The van der Waals surface area contributed by atoms with E-state index in [0.717, 1.165) is 27.6 Å². The summed E-state index contributed by atoms with van der Waals surface area (Å²) in [6, 6.07) is 31.7. The van der Waals surface area contributed by atoms with Crippen LogP contribution < -0.4 is 10.1 Å². The van der Waals surface area contributed by atoms with Gasteiger partial charge in [-0.3, -0.25) is 4.79 Å². The van der Waals surface area contributed by atoms with Crippen LogP contribution in [0.5, 0.6) is 5.75 Å². The van der Waals surface area contributed by atoms with Gasteiger partial charge in [-0.15, -0.1) is 0 Å². The molecule has 1 amide bonds. The van der Waals surface area contributed by atoms with Crippen LogP contribution in [0.2, 0.25) is 0 Å². The Kier molecular flexibility index (Phi) is 4.84. The highest BCUT2D eigenvalue weighted by Gasteiger charge is 2.09. The third kappa shape index (κ3) is 3.98. The molecule has 0 aliphatic rings. The molecule has 0 spiro atoms. The minimum absolute atomic E-state index is 0.0450. The van der Waals surface area contributed by atoms with Gasteiger partial charge in [-0.2, -0.15) is 0 Å². The van der Waals surface area contributed by atoms with Crippen LogP contribution in [0.4, 0.5) is 5.69 Å². The van der Waals surface area contributed by atoms with Crippen LogP contribution in [0, 0.1) is 0 Å². The van der Waals surface area contributed by atoms with Gasteiger partial charge in [0.2, 0.25) is 0 Å². The van der Waals surface area contributed by atoms with Crippen LogP contribution >= 0.6 is 0 Å². The van der Waals surface area contributed by atoms with Gasteiger partial charge in [-0.05, 0) is 34.5 Å². The molecule has 0 aliphatic heterocycles. The molecule has 4 aromatic rings. The highest BCUT2D eigenvalue weighted by molar-refractivity contribution is 5.95. The van der Waals surface area contributed by atoms with Gasteiger partial charge in [0.05, 0.1) is 0 Å². The molecule has 0 aromatic heterocycles. The van der Waals surface area contributed by atoms with Crippen molar-refractivity contribution in [3.63, 3.8) is 0 Å². The van der Waals surface area contributed by atoms with E-state index in [2.05, 4.69) is 5.32 Å². The Morgan fingerprint density at radius 1 is 0.741 bits per heavy atom. The van der Waals surface area contributed by atoms with E-state index in [1.165, 1.54) is 0 Å². The quantitative estimate of drug-likeness (QED) is 0.513. The lowest BCUT2D eigenvalue weighted by Gasteiger charge is -2.12. The maximum atomic E-state index is 12.3. The van der Waals surface area contributed by atoms with Gasteiger partial charge >= 0.3 is 0 Å². The molecular weight excluding hydrogens is 334 g/mol. The summed E-state index contributed by atoms with van der Waals surface area (Å²) in [6.45, 7) is -0.0450. The monoisotopic (exact) mass is 353 g/mol. The number of ether oxygens (including phenoxy) is 1. The Hall–Kier alpha value is -3.59. The average molecular weight is 353 g/mol. The number of anilines is 1. The van der Waals surface area contributed by atoms with E-state index in [-0.39, 0.29) is 12.5 Å². The standard InChI is InChI=1S/C24H19NO2/c26-24(25-21-15-14-18-8-4-5-11-20(18)16-21)17-27-23-13-7-6-12-22(23)19-9-2-1-3-10-19/h1-16H,17H2,(H,25,26). The fraction of sp³-hybridized carbons (Fsp3) is 0.0417. The Morgan fingerprint density at radius 2 is 1.44 bits per heavy atom. The Labute approximate surface area is 158 Å². The number of carbonyl (C=O) groups is 1. The van der Waals surface area contributed by atoms with Crippen LogP contribution in [0.1, 0.15) is 0 Å². The molecule has 4 rings (SSSR count). The van der Waals surface area contributed by atoms with Gasteiger partial charge in [0.15, 0.2) is 6.61 Å². The summed E-state index contributed by atoms with van der Waals surface area (Å²) < 4.78 is 5.80. The maximum Gasteiger partial charge on any atom is 0.262 e. The third-order valence-corrected chi connectivity index (χ3v) is 4.36. The van der Waals surface area contributed by atoms with Gasteiger partial charge in [-0.1, -0.05) is 78.9 Å². The molecule has 0 radical (unpaired) electrons. The molecule has 0 bridgehead atoms. The Balaban J connectivity index is 1.45. The molecule has 1 N–H and O–H groups in total. The highest BCUT2D eigenvalue weighted by Crippen LogP contribution is 2.29. The summed E-state index contributed by atoms with van der Waals surface area (Å²) in [5.41, 5.74) is 2.79. The molecule has 4 aromatic carbocycles. The van der Waals surface area contributed by atoms with Crippen molar-refractivity contribution in [1.29, 1.82) is 0 Å². The first-order valence-corrected chi connectivity index (χ1v) is 8.85. The predicted molar refractivity (Wildman–Crippen MR) is 110 cm³/mol. The van der Waals surface area contributed by atoms with E-state index < -0.39 is 0 Å². The van der Waals surface area contributed by atoms with Crippen molar-refractivity contribution >= 4 is 22.4 Å². The minimum atomic E-state index is -0.187. The molecule has 0 atom stereocenters. The van der Waals surface area contributed by atoms with Crippen molar-refractivity contribution in [3.8, 4) is 16.9 Å². The molecule has 3 nitrogen and oxygen atoms in total. The van der Waals surface area contributed by atoms with Crippen LogP contribution in [-0.4, -0.2) is 12.5 Å². The highest BCUT2D eigenvalue weighted by atomic mass is 16.5. The summed E-state index contributed by atoms with van der Waals surface area (Å²) >= 11 is 0. The average Bonchev–Trinajstić information content (AvgIpc) is 2.73. The molecule has 0 aliphatic carbocycles. The topological polar surface area (TPSA) is 38.3 Å². The molecule has 0 unspecified atom stereocenters. The summed E-state index contributed by atoms with van der Waals surface area (Å²) in [6.07, 6.45) is 0. The number of fused-ring (bicyclic) bond motifs is 1. The fourth-order valence-corrected chi connectivity index (χ4v) is 3.06. The van der Waals surface area contributed by atoms with Crippen LogP contribution in [0.25, 0.3) is 21.9 Å². The Bertz CT molecular complexity index is 1070. The number of hydrogen-bond acceptors (Lipinski definition) is 2.